The van der Waals surface area contributed by atoms with Crippen molar-refractivity contribution in [1.82, 2.24) is 0 Å². The topological polar surface area (TPSA) is 57.2 Å². The Hall–Kier alpha value is -1.05. The van der Waals surface area contributed by atoms with E-state index in [1.807, 2.05) is 0 Å². The van der Waals surface area contributed by atoms with E-state index in [-0.39, 0.29) is 5.56 Å². The zero-order valence-electron chi connectivity index (χ0n) is 5.56. The fraction of sp³-hybridized carbons (Fsp3) is 0. The van der Waals surface area contributed by atoms with E-state index >= 15 is 0 Å². The highest BCUT2D eigenvalue weighted by Crippen LogP contribution is 2.16. The Morgan fingerprint density at radius 3 is 2.27 bits per heavy atom. The monoisotopic (exact) mass is 168 g/mol. The average Bonchev–Trinajstić information content (AvgIpc) is 2.05. The van der Waals surface area contributed by atoms with Gasteiger partial charge < -0.3 is 4.89 Å². The Bertz CT molecular complexity index is 281. The summed E-state index contributed by atoms with van der Waals surface area (Å²) in [6, 6.07) is 7.88. The van der Waals surface area contributed by atoms with Crippen LogP contribution in [-0.4, -0.2) is 5.52 Å². The van der Waals surface area contributed by atoms with E-state index in [9.17, 15) is 14.3 Å². The van der Waals surface area contributed by atoms with E-state index in [1.165, 1.54) is 12.1 Å². The maximum Gasteiger partial charge on any atom is 0.393 e. The van der Waals surface area contributed by atoms with Crippen LogP contribution in [0.2, 0.25) is 0 Å². The Morgan fingerprint density at radius 2 is 1.82 bits per heavy atom. The van der Waals surface area contributed by atoms with E-state index < -0.39 is 13.6 Å². The van der Waals surface area contributed by atoms with Gasteiger partial charge >= 0.3 is 13.6 Å². The lowest BCUT2D eigenvalue weighted by Gasteiger charge is -1.88. The van der Waals surface area contributed by atoms with Gasteiger partial charge in [0.1, 0.15) is 0 Å². The first-order chi connectivity index (χ1) is 5.22. The predicted octanol–water partition coefficient (Wildman–Crippen LogP) is 0.929. The van der Waals surface area contributed by atoms with E-state index in [0.717, 1.165) is 0 Å². The molecule has 4 heteroatoms. The SMILES string of the molecule is O=C(c1ccccc1)[P+](=O)[O-]. The molecule has 0 aromatic heterocycles. The van der Waals surface area contributed by atoms with Crippen LogP contribution in [0.25, 0.3) is 0 Å². The van der Waals surface area contributed by atoms with Gasteiger partial charge in [0, 0.05) is 0 Å². The third-order valence-electron chi connectivity index (χ3n) is 1.19. The molecule has 0 bridgehead atoms. The van der Waals surface area contributed by atoms with Crippen LogP contribution < -0.4 is 4.89 Å². The van der Waals surface area contributed by atoms with Crippen LogP contribution in [0.15, 0.2) is 30.3 Å². The maximum absolute atomic E-state index is 10.7. The van der Waals surface area contributed by atoms with Gasteiger partial charge in [-0.05, 0) is 12.1 Å². The van der Waals surface area contributed by atoms with Gasteiger partial charge in [-0.2, -0.15) is 0 Å². The summed E-state index contributed by atoms with van der Waals surface area (Å²) in [4.78, 5) is 20.9. The first-order valence-corrected chi connectivity index (χ1v) is 4.13. The van der Waals surface area contributed by atoms with Gasteiger partial charge in [0.15, 0.2) is 0 Å². The number of hydrogen-bond acceptors (Lipinski definition) is 3. The standard InChI is InChI=1S/C7H5O3P/c8-7(11(9)10)6-4-2-1-3-5-6/h1-5H. The molecular weight excluding hydrogens is 163 g/mol. The lowest BCUT2D eigenvalue weighted by molar-refractivity contribution is -0.161. The van der Waals surface area contributed by atoms with Crippen molar-refractivity contribution in [2.45, 2.75) is 0 Å². The molecule has 0 radical (unpaired) electrons. The molecule has 11 heavy (non-hydrogen) atoms. The van der Waals surface area contributed by atoms with Crippen molar-refractivity contribution in [2.75, 3.05) is 0 Å². The Labute approximate surface area is 64.5 Å². The first kappa shape index (κ1) is 8.05. The van der Waals surface area contributed by atoms with Crippen LogP contribution in [0.5, 0.6) is 0 Å². The van der Waals surface area contributed by atoms with Crippen molar-refractivity contribution in [2.24, 2.45) is 0 Å². The van der Waals surface area contributed by atoms with Crippen molar-refractivity contribution in [3.63, 3.8) is 0 Å². The Kier molecular flexibility index (Phi) is 2.47. The van der Waals surface area contributed by atoms with E-state index in [4.69, 9.17) is 0 Å². The molecule has 0 heterocycles. The van der Waals surface area contributed by atoms with E-state index in [0.29, 0.717) is 0 Å². The molecule has 1 rings (SSSR count). The minimum absolute atomic E-state index is 0.212. The van der Waals surface area contributed by atoms with E-state index in [2.05, 4.69) is 0 Å². The molecule has 1 aromatic rings. The van der Waals surface area contributed by atoms with Crippen LogP contribution >= 0.6 is 8.03 Å². The molecule has 0 N–H and O–H groups in total. The summed E-state index contributed by atoms with van der Waals surface area (Å²) in [6.07, 6.45) is 0. The normalized spacial score (nSPS) is 10.8. The quantitative estimate of drug-likeness (QED) is 0.617. The lowest BCUT2D eigenvalue weighted by Crippen LogP contribution is -1.99. The van der Waals surface area contributed by atoms with Crippen LogP contribution in [0.3, 0.4) is 0 Å². The number of carbonyl (C=O) groups is 1. The summed E-state index contributed by atoms with van der Waals surface area (Å²) < 4.78 is 10.2. The highest BCUT2D eigenvalue weighted by Gasteiger charge is 2.18. The highest BCUT2D eigenvalue weighted by molar-refractivity contribution is 7.57. The molecule has 0 aliphatic heterocycles. The van der Waals surface area contributed by atoms with Crippen LogP contribution in [0.4, 0.5) is 0 Å². The number of benzene rings is 1. The summed E-state index contributed by atoms with van der Waals surface area (Å²) in [5.74, 6) is 0. The summed E-state index contributed by atoms with van der Waals surface area (Å²) in [5.41, 5.74) is -0.621. The predicted molar refractivity (Wildman–Crippen MR) is 38.4 cm³/mol. The molecule has 56 valence electrons. The number of carbonyl (C=O) groups excluding carboxylic acids is 1. The summed E-state index contributed by atoms with van der Waals surface area (Å²) in [5, 5.41) is 0. The smallest absolute Gasteiger partial charge is 0.393 e. The minimum atomic E-state index is -2.98. The molecule has 0 fully saturated rings. The average molecular weight is 168 g/mol. The van der Waals surface area contributed by atoms with Crippen molar-refractivity contribution >= 4 is 13.6 Å². The highest BCUT2D eigenvalue weighted by atomic mass is 31.1. The zero-order chi connectivity index (χ0) is 8.27. The molecular formula is C7H5O3P. The van der Waals surface area contributed by atoms with Gasteiger partial charge in [0.2, 0.25) is 0 Å². The summed E-state index contributed by atoms with van der Waals surface area (Å²) >= 11 is 0. The molecule has 0 amide bonds. The Morgan fingerprint density at radius 1 is 1.27 bits per heavy atom. The van der Waals surface area contributed by atoms with Gasteiger partial charge in [-0.25, -0.2) is 4.79 Å². The molecule has 3 nitrogen and oxygen atoms in total. The third-order valence-corrected chi connectivity index (χ3v) is 1.78. The Balaban J connectivity index is 2.95. The fourth-order valence-electron chi connectivity index (χ4n) is 0.686. The molecule has 0 saturated carbocycles. The van der Waals surface area contributed by atoms with Gasteiger partial charge in [0.25, 0.3) is 0 Å². The maximum atomic E-state index is 10.7. The van der Waals surface area contributed by atoms with Gasteiger partial charge in [-0.1, -0.05) is 22.8 Å². The largest absolute Gasteiger partial charge is 0.588 e. The van der Waals surface area contributed by atoms with Crippen LogP contribution in [0.1, 0.15) is 10.4 Å². The van der Waals surface area contributed by atoms with Crippen molar-refractivity contribution < 1.29 is 14.3 Å². The molecule has 0 aliphatic rings. The van der Waals surface area contributed by atoms with Crippen LogP contribution in [0, 0.1) is 0 Å². The number of hydrogen-bond donors (Lipinski definition) is 0. The zero-order valence-corrected chi connectivity index (χ0v) is 6.45. The van der Waals surface area contributed by atoms with E-state index in [1.54, 1.807) is 18.2 Å². The molecule has 0 saturated heterocycles. The second kappa shape index (κ2) is 3.37. The molecule has 1 aromatic carbocycles. The second-order valence-corrected chi connectivity index (χ2v) is 2.85. The third kappa shape index (κ3) is 1.93. The molecule has 1 atom stereocenters. The van der Waals surface area contributed by atoms with Crippen LogP contribution in [-0.2, 0) is 4.57 Å². The molecule has 1 unspecified atom stereocenters. The second-order valence-electron chi connectivity index (χ2n) is 1.93. The van der Waals surface area contributed by atoms with Gasteiger partial charge in [-0.3, -0.25) is 0 Å². The van der Waals surface area contributed by atoms with Crippen molar-refractivity contribution in [1.29, 1.82) is 0 Å². The molecule has 0 aliphatic carbocycles. The summed E-state index contributed by atoms with van der Waals surface area (Å²) in [7, 11) is -2.98. The summed E-state index contributed by atoms with van der Waals surface area (Å²) in [6.45, 7) is 0. The van der Waals surface area contributed by atoms with Gasteiger partial charge in [-0.15, -0.1) is 0 Å². The lowest BCUT2D eigenvalue weighted by atomic mass is 10.2. The fourth-order valence-corrected chi connectivity index (χ4v) is 1.05. The first-order valence-electron chi connectivity index (χ1n) is 2.95. The minimum Gasteiger partial charge on any atom is -0.588 e. The van der Waals surface area contributed by atoms with Gasteiger partial charge in [0.05, 0.1) is 5.56 Å². The van der Waals surface area contributed by atoms with Crippen molar-refractivity contribution in [3.05, 3.63) is 35.9 Å². The number of rotatable bonds is 2. The van der Waals surface area contributed by atoms with Crippen molar-refractivity contribution in [3.8, 4) is 0 Å². The molecule has 0 spiro atoms.